The average molecular weight is 217 g/mol. The van der Waals surface area contributed by atoms with Gasteiger partial charge in [0.1, 0.15) is 0 Å². The van der Waals surface area contributed by atoms with E-state index >= 15 is 0 Å². The van der Waals surface area contributed by atoms with Crippen molar-refractivity contribution >= 4 is 11.9 Å². The van der Waals surface area contributed by atoms with Crippen LogP contribution in [0.25, 0.3) is 0 Å². The highest BCUT2D eigenvalue weighted by Crippen LogP contribution is 2.16. The first-order chi connectivity index (χ1) is 6.86. The molecule has 0 aromatic heterocycles. The van der Waals surface area contributed by atoms with Gasteiger partial charge in [0.05, 0.1) is 5.92 Å². The maximum absolute atomic E-state index is 10.9. The molecule has 0 rings (SSSR count). The Morgan fingerprint density at radius 3 is 2.13 bits per heavy atom. The summed E-state index contributed by atoms with van der Waals surface area (Å²) < 4.78 is 0. The molecule has 0 spiro atoms. The fourth-order valence-corrected chi connectivity index (χ4v) is 1.40. The zero-order valence-corrected chi connectivity index (χ0v) is 9.43. The van der Waals surface area contributed by atoms with Crippen molar-refractivity contribution in [1.82, 2.24) is 4.90 Å². The van der Waals surface area contributed by atoms with Gasteiger partial charge in [0, 0.05) is 12.5 Å². The van der Waals surface area contributed by atoms with Crippen molar-refractivity contribution < 1.29 is 19.8 Å². The van der Waals surface area contributed by atoms with E-state index < -0.39 is 17.9 Å². The zero-order valence-electron chi connectivity index (χ0n) is 9.43. The molecule has 0 aliphatic heterocycles. The van der Waals surface area contributed by atoms with Crippen LogP contribution in [-0.2, 0) is 9.59 Å². The first-order valence-corrected chi connectivity index (χ1v) is 4.97. The standard InChI is InChI=1S/C10H19NO4/c1-7(11(2)3)8(10(14)15)5-4-6-9(12)13/h7-8H,4-6H2,1-3H3,(H,12,13)(H,14,15)/t7?,8-/m0/s1. The van der Waals surface area contributed by atoms with Crippen LogP contribution < -0.4 is 0 Å². The highest BCUT2D eigenvalue weighted by molar-refractivity contribution is 5.71. The first kappa shape index (κ1) is 13.9. The summed E-state index contributed by atoms with van der Waals surface area (Å²) in [5.74, 6) is -2.24. The summed E-state index contributed by atoms with van der Waals surface area (Å²) in [6.45, 7) is 1.83. The van der Waals surface area contributed by atoms with Gasteiger partial charge in [-0.05, 0) is 33.9 Å². The van der Waals surface area contributed by atoms with Crippen LogP contribution in [0, 0.1) is 5.92 Å². The lowest BCUT2D eigenvalue weighted by atomic mass is 9.94. The second-order valence-electron chi connectivity index (χ2n) is 3.93. The second-order valence-corrected chi connectivity index (χ2v) is 3.93. The highest BCUT2D eigenvalue weighted by Gasteiger charge is 2.25. The van der Waals surface area contributed by atoms with Crippen LogP contribution in [0.15, 0.2) is 0 Å². The van der Waals surface area contributed by atoms with Crippen LogP contribution in [0.5, 0.6) is 0 Å². The molecule has 0 saturated carbocycles. The predicted molar refractivity (Wildman–Crippen MR) is 55.8 cm³/mol. The van der Waals surface area contributed by atoms with Gasteiger partial charge in [-0.3, -0.25) is 9.59 Å². The lowest BCUT2D eigenvalue weighted by Gasteiger charge is -2.26. The fourth-order valence-electron chi connectivity index (χ4n) is 1.40. The number of carboxylic acids is 2. The molecule has 1 unspecified atom stereocenters. The molecule has 15 heavy (non-hydrogen) atoms. The third kappa shape index (κ3) is 5.37. The van der Waals surface area contributed by atoms with Crippen LogP contribution in [0.3, 0.4) is 0 Å². The topological polar surface area (TPSA) is 77.8 Å². The van der Waals surface area contributed by atoms with Crippen molar-refractivity contribution in [3.63, 3.8) is 0 Å². The molecule has 0 saturated heterocycles. The zero-order chi connectivity index (χ0) is 12.0. The molecule has 5 nitrogen and oxygen atoms in total. The Labute approximate surface area is 89.7 Å². The summed E-state index contributed by atoms with van der Waals surface area (Å²) in [6.07, 6.45) is 0.843. The van der Waals surface area contributed by atoms with E-state index in [-0.39, 0.29) is 12.5 Å². The van der Waals surface area contributed by atoms with Gasteiger partial charge in [-0.2, -0.15) is 0 Å². The van der Waals surface area contributed by atoms with Crippen LogP contribution >= 0.6 is 0 Å². The first-order valence-electron chi connectivity index (χ1n) is 4.97. The van der Waals surface area contributed by atoms with E-state index in [1.165, 1.54) is 0 Å². The summed E-state index contributed by atoms with van der Waals surface area (Å²) >= 11 is 0. The average Bonchev–Trinajstić information content (AvgIpc) is 2.10. The quantitative estimate of drug-likeness (QED) is 0.662. The SMILES string of the molecule is CC([C@H](CCCC(=O)O)C(=O)O)N(C)C. The van der Waals surface area contributed by atoms with Crippen molar-refractivity contribution in [3.05, 3.63) is 0 Å². The second kappa shape index (κ2) is 6.40. The number of rotatable bonds is 7. The van der Waals surface area contributed by atoms with E-state index in [2.05, 4.69) is 0 Å². The third-order valence-corrected chi connectivity index (χ3v) is 2.62. The van der Waals surface area contributed by atoms with Crippen LogP contribution in [0.1, 0.15) is 26.2 Å². The van der Waals surface area contributed by atoms with Gasteiger partial charge in [-0.1, -0.05) is 0 Å². The van der Waals surface area contributed by atoms with E-state index in [0.29, 0.717) is 12.8 Å². The molecule has 0 aliphatic carbocycles. The van der Waals surface area contributed by atoms with Crippen molar-refractivity contribution in [2.24, 2.45) is 5.92 Å². The minimum Gasteiger partial charge on any atom is -0.481 e. The van der Waals surface area contributed by atoms with Gasteiger partial charge in [0.15, 0.2) is 0 Å². The summed E-state index contributed by atoms with van der Waals surface area (Å²) in [5, 5.41) is 17.4. The van der Waals surface area contributed by atoms with Gasteiger partial charge in [-0.15, -0.1) is 0 Å². The van der Waals surface area contributed by atoms with Crippen LogP contribution in [-0.4, -0.2) is 47.2 Å². The highest BCUT2D eigenvalue weighted by atomic mass is 16.4. The van der Waals surface area contributed by atoms with Crippen LogP contribution in [0.2, 0.25) is 0 Å². The molecular formula is C10H19NO4. The molecule has 0 aromatic rings. The minimum absolute atomic E-state index is 0.0317. The monoisotopic (exact) mass is 217 g/mol. The Morgan fingerprint density at radius 2 is 1.80 bits per heavy atom. The Hall–Kier alpha value is -1.10. The van der Waals surface area contributed by atoms with E-state index in [1.807, 2.05) is 25.9 Å². The Morgan fingerprint density at radius 1 is 1.27 bits per heavy atom. The van der Waals surface area contributed by atoms with Crippen molar-refractivity contribution in [2.75, 3.05) is 14.1 Å². The Kier molecular flexibility index (Phi) is 5.93. The molecule has 88 valence electrons. The maximum atomic E-state index is 10.9. The summed E-state index contributed by atoms with van der Waals surface area (Å²) in [6, 6.07) is -0.0868. The molecule has 5 heteroatoms. The number of hydrogen-bond acceptors (Lipinski definition) is 3. The lowest BCUT2D eigenvalue weighted by Crippen LogP contribution is -2.37. The van der Waals surface area contributed by atoms with Gasteiger partial charge >= 0.3 is 11.9 Å². The predicted octanol–water partition coefficient (Wildman–Crippen LogP) is 0.892. The molecule has 0 heterocycles. The van der Waals surface area contributed by atoms with Gasteiger partial charge in [0.2, 0.25) is 0 Å². The van der Waals surface area contributed by atoms with E-state index in [9.17, 15) is 9.59 Å². The van der Waals surface area contributed by atoms with Crippen molar-refractivity contribution in [3.8, 4) is 0 Å². The smallest absolute Gasteiger partial charge is 0.308 e. The van der Waals surface area contributed by atoms with E-state index in [4.69, 9.17) is 10.2 Å². The lowest BCUT2D eigenvalue weighted by molar-refractivity contribution is -0.145. The number of carboxylic acid groups (broad SMARTS) is 2. The van der Waals surface area contributed by atoms with Crippen molar-refractivity contribution in [1.29, 1.82) is 0 Å². The number of carbonyl (C=O) groups is 2. The number of hydrogen-bond donors (Lipinski definition) is 2. The molecule has 0 aromatic carbocycles. The Bertz CT molecular complexity index is 227. The normalized spacial score (nSPS) is 14.9. The summed E-state index contributed by atoms with van der Waals surface area (Å²) in [4.78, 5) is 23.1. The number of aliphatic carboxylic acids is 2. The van der Waals surface area contributed by atoms with E-state index in [0.717, 1.165) is 0 Å². The molecular weight excluding hydrogens is 198 g/mol. The largest absolute Gasteiger partial charge is 0.481 e. The molecule has 0 bridgehead atoms. The third-order valence-electron chi connectivity index (χ3n) is 2.62. The van der Waals surface area contributed by atoms with E-state index in [1.54, 1.807) is 0 Å². The minimum atomic E-state index is -0.878. The van der Waals surface area contributed by atoms with Gasteiger partial charge in [0.25, 0.3) is 0 Å². The van der Waals surface area contributed by atoms with Crippen LogP contribution in [0.4, 0.5) is 0 Å². The molecule has 0 radical (unpaired) electrons. The van der Waals surface area contributed by atoms with Gasteiger partial charge in [-0.25, -0.2) is 0 Å². The fraction of sp³-hybridized carbons (Fsp3) is 0.800. The molecule has 0 fully saturated rings. The summed E-state index contributed by atoms with van der Waals surface area (Å²) in [7, 11) is 3.63. The Balaban J connectivity index is 4.17. The molecule has 0 amide bonds. The number of nitrogens with zero attached hydrogens (tertiary/aromatic N) is 1. The maximum Gasteiger partial charge on any atom is 0.308 e. The summed E-state index contributed by atoms with van der Waals surface area (Å²) in [5.41, 5.74) is 0. The molecule has 0 aliphatic rings. The molecule has 2 N–H and O–H groups in total. The van der Waals surface area contributed by atoms with Gasteiger partial charge < -0.3 is 15.1 Å². The molecule has 2 atom stereocenters. The van der Waals surface area contributed by atoms with Crippen molar-refractivity contribution in [2.45, 2.75) is 32.2 Å².